The second-order valence-corrected chi connectivity index (χ2v) is 4.19. The first-order valence-corrected chi connectivity index (χ1v) is 5.96. The van der Waals surface area contributed by atoms with Crippen molar-refractivity contribution < 1.29 is 24.2 Å². The molecule has 2 rings (SSSR count). The Hall–Kier alpha value is -1.92. The van der Waals surface area contributed by atoms with Crippen LogP contribution in [0.25, 0.3) is 0 Å². The third-order valence-corrected chi connectivity index (χ3v) is 2.69. The van der Waals surface area contributed by atoms with Crippen molar-refractivity contribution in [1.29, 1.82) is 0 Å². The maximum absolute atomic E-state index is 11.8. The van der Waals surface area contributed by atoms with Crippen LogP contribution < -0.4 is 5.32 Å². The van der Waals surface area contributed by atoms with Crippen molar-refractivity contribution in [2.75, 3.05) is 25.1 Å². The number of nitrogens with one attached hydrogen (secondary N) is 1. The van der Waals surface area contributed by atoms with Gasteiger partial charge in [-0.05, 0) is 17.7 Å². The number of carbonyl (C=O) groups is 2. The van der Waals surface area contributed by atoms with Crippen LogP contribution in [0.15, 0.2) is 24.3 Å². The van der Waals surface area contributed by atoms with Gasteiger partial charge in [-0.1, -0.05) is 12.1 Å². The molecule has 1 aromatic rings. The second kappa shape index (κ2) is 6.31. The number of carboxylic acids is 1. The fraction of sp³-hybridized carbons (Fsp3) is 0.385. The van der Waals surface area contributed by atoms with Gasteiger partial charge in [0.2, 0.25) is 0 Å². The highest BCUT2D eigenvalue weighted by molar-refractivity contribution is 5.94. The van der Waals surface area contributed by atoms with Gasteiger partial charge in [0.15, 0.2) is 6.10 Å². The van der Waals surface area contributed by atoms with E-state index in [-0.39, 0.29) is 18.9 Å². The molecule has 0 radical (unpaired) electrons. The predicted octanol–water partition coefficient (Wildman–Crippen LogP) is 0.668. The van der Waals surface area contributed by atoms with Crippen LogP contribution in [0, 0.1) is 0 Å². The standard InChI is InChI=1S/C13H15NO5/c15-12(16)7-9-1-3-10(4-2-9)14-13(17)11-8-18-5-6-19-11/h1-4,11H,5-8H2,(H,14,17)(H,15,16). The number of carbonyl (C=O) groups excluding carboxylic acids is 1. The fourth-order valence-electron chi connectivity index (χ4n) is 1.74. The fourth-order valence-corrected chi connectivity index (χ4v) is 1.74. The van der Waals surface area contributed by atoms with Crippen LogP contribution in [0.2, 0.25) is 0 Å². The van der Waals surface area contributed by atoms with Crippen LogP contribution in [0.3, 0.4) is 0 Å². The molecule has 1 unspecified atom stereocenters. The number of anilines is 1. The topological polar surface area (TPSA) is 84.9 Å². The SMILES string of the molecule is O=C(O)Cc1ccc(NC(=O)C2COCCO2)cc1. The van der Waals surface area contributed by atoms with Gasteiger partial charge >= 0.3 is 5.97 Å². The average Bonchev–Trinajstić information content (AvgIpc) is 2.41. The number of carboxylic acid groups (broad SMARTS) is 1. The lowest BCUT2D eigenvalue weighted by Crippen LogP contribution is -2.39. The lowest BCUT2D eigenvalue weighted by Gasteiger charge is -2.22. The normalized spacial score (nSPS) is 18.8. The number of ether oxygens (including phenoxy) is 2. The molecule has 1 fully saturated rings. The number of hydrogen-bond donors (Lipinski definition) is 2. The Bertz CT molecular complexity index is 451. The van der Waals surface area contributed by atoms with Gasteiger partial charge in [0.1, 0.15) is 0 Å². The van der Waals surface area contributed by atoms with E-state index in [9.17, 15) is 9.59 Å². The predicted molar refractivity (Wildman–Crippen MR) is 67.0 cm³/mol. The van der Waals surface area contributed by atoms with Gasteiger partial charge in [0.05, 0.1) is 26.2 Å². The summed E-state index contributed by atoms with van der Waals surface area (Å²) in [5, 5.41) is 11.4. The van der Waals surface area contributed by atoms with Crippen LogP contribution >= 0.6 is 0 Å². The number of benzene rings is 1. The molecule has 6 heteroatoms. The molecule has 6 nitrogen and oxygen atoms in total. The summed E-state index contributed by atoms with van der Waals surface area (Å²) >= 11 is 0. The minimum absolute atomic E-state index is 0.0339. The van der Waals surface area contributed by atoms with Gasteiger partial charge in [0, 0.05) is 5.69 Å². The van der Waals surface area contributed by atoms with Crippen LogP contribution in [0.5, 0.6) is 0 Å². The van der Waals surface area contributed by atoms with Crippen molar-refractivity contribution in [2.24, 2.45) is 0 Å². The van der Waals surface area contributed by atoms with Crippen LogP contribution in [0.1, 0.15) is 5.56 Å². The molecule has 0 spiro atoms. The van der Waals surface area contributed by atoms with Gasteiger partial charge in [-0.2, -0.15) is 0 Å². The Morgan fingerprint density at radius 1 is 1.26 bits per heavy atom. The number of amides is 1. The van der Waals surface area contributed by atoms with E-state index >= 15 is 0 Å². The zero-order chi connectivity index (χ0) is 13.7. The summed E-state index contributed by atoms with van der Waals surface area (Å²) in [4.78, 5) is 22.4. The van der Waals surface area contributed by atoms with Crippen LogP contribution in [0.4, 0.5) is 5.69 Å². The third kappa shape index (κ3) is 4.04. The second-order valence-electron chi connectivity index (χ2n) is 4.19. The molecule has 0 aliphatic carbocycles. The highest BCUT2D eigenvalue weighted by Gasteiger charge is 2.22. The quantitative estimate of drug-likeness (QED) is 0.835. The Kier molecular flexibility index (Phi) is 4.48. The Morgan fingerprint density at radius 3 is 2.58 bits per heavy atom. The summed E-state index contributed by atoms with van der Waals surface area (Å²) in [6.45, 7) is 1.17. The maximum Gasteiger partial charge on any atom is 0.307 e. The molecule has 19 heavy (non-hydrogen) atoms. The smallest absolute Gasteiger partial charge is 0.307 e. The Balaban J connectivity index is 1.91. The molecule has 0 bridgehead atoms. The summed E-state index contributed by atoms with van der Waals surface area (Å²) in [6.07, 6.45) is -0.624. The molecule has 1 aromatic carbocycles. The highest BCUT2D eigenvalue weighted by Crippen LogP contribution is 2.12. The average molecular weight is 265 g/mol. The lowest BCUT2D eigenvalue weighted by atomic mass is 10.1. The van der Waals surface area contributed by atoms with Crippen molar-refractivity contribution >= 4 is 17.6 Å². The zero-order valence-corrected chi connectivity index (χ0v) is 10.3. The molecule has 1 amide bonds. The van der Waals surface area contributed by atoms with Crippen molar-refractivity contribution in [1.82, 2.24) is 0 Å². The van der Waals surface area contributed by atoms with Crippen molar-refractivity contribution in [3.05, 3.63) is 29.8 Å². The van der Waals surface area contributed by atoms with E-state index in [4.69, 9.17) is 14.6 Å². The highest BCUT2D eigenvalue weighted by atomic mass is 16.6. The molecule has 2 N–H and O–H groups in total. The molecule has 1 heterocycles. The van der Waals surface area contributed by atoms with Gasteiger partial charge < -0.3 is 19.9 Å². The summed E-state index contributed by atoms with van der Waals surface area (Å²) < 4.78 is 10.4. The van der Waals surface area contributed by atoms with Crippen LogP contribution in [-0.4, -0.2) is 42.9 Å². The molecule has 1 saturated heterocycles. The molecule has 0 aromatic heterocycles. The van der Waals surface area contributed by atoms with Gasteiger partial charge in [-0.25, -0.2) is 0 Å². The molecule has 1 aliphatic heterocycles. The van der Waals surface area contributed by atoms with E-state index in [1.165, 1.54) is 0 Å². The number of aliphatic carboxylic acids is 1. The maximum atomic E-state index is 11.8. The van der Waals surface area contributed by atoms with Crippen LogP contribution in [-0.2, 0) is 25.5 Å². The van der Waals surface area contributed by atoms with Gasteiger partial charge in [-0.3, -0.25) is 9.59 Å². The first-order valence-electron chi connectivity index (χ1n) is 5.96. The van der Waals surface area contributed by atoms with Crippen molar-refractivity contribution in [3.8, 4) is 0 Å². The largest absolute Gasteiger partial charge is 0.481 e. The molecule has 0 saturated carbocycles. The number of hydrogen-bond acceptors (Lipinski definition) is 4. The number of rotatable bonds is 4. The third-order valence-electron chi connectivity index (χ3n) is 2.69. The van der Waals surface area contributed by atoms with Gasteiger partial charge in [0.25, 0.3) is 5.91 Å². The van der Waals surface area contributed by atoms with E-state index in [1.54, 1.807) is 24.3 Å². The van der Waals surface area contributed by atoms with E-state index in [1.807, 2.05) is 0 Å². The summed E-state index contributed by atoms with van der Waals surface area (Å²) in [6, 6.07) is 6.67. The minimum atomic E-state index is -0.885. The Morgan fingerprint density at radius 2 is 2.00 bits per heavy atom. The molecule has 1 atom stereocenters. The van der Waals surface area contributed by atoms with Gasteiger partial charge in [-0.15, -0.1) is 0 Å². The first kappa shape index (κ1) is 13.5. The van der Waals surface area contributed by atoms with E-state index in [0.29, 0.717) is 24.5 Å². The minimum Gasteiger partial charge on any atom is -0.481 e. The lowest BCUT2D eigenvalue weighted by molar-refractivity contribution is -0.142. The molecular formula is C13H15NO5. The summed E-state index contributed by atoms with van der Waals surface area (Å²) in [5.74, 6) is -1.14. The Labute approximate surface area is 110 Å². The first-order chi connectivity index (χ1) is 9.15. The van der Waals surface area contributed by atoms with E-state index in [0.717, 1.165) is 0 Å². The monoisotopic (exact) mass is 265 g/mol. The molecule has 1 aliphatic rings. The van der Waals surface area contributed by atoms with Crippen molar-refractivity contribution in [3.63, 3.8) is 0 Å². The molecule has 102 valence electrons. The van der Waals surface area contributed by atoms with E-state index in [2.05, 4.69) is 5.32 Å². The summed E-state index contributed by atoms with van der Waals surface area (Å²) in [5.41, 5.74) is 1.29. The summed E-state index contributed by atoms with van der Waals surface area (Å²) in [7, 11) is 0. The van der Waals surface area contributed by atoms with E-state index < -0.39 is 12.1 Å². The van der Waals surface area contributed by atoms with Crippen molar-refractivity contribution in [2.45, 2.75) is 12.5 Å². The zero-order valence-electron chi connectivity index (χ0n) is 10.3. The molecular weight excluding hydrogens is 250 g/mol.